The Morgan fingerprint density at radius 1 is 0.963 bits per heavy atom. The molecule has 27 heavy (non-hydrogen) atoms. The van der Waals surface area contributed by atoms with Gasteiger partial charge in [-0.3, -0.25) is 0 Å². The second-order valence-electron chi connectivity index (χ2n) is 11.0. The molecule has 150 valence electrons. The molecule has 0 saturated heterocycles. The summed E-state index contributed by atoms with van der Waals surface area (Å²) in [6.45, 7) is 15.2. The van der Waals surface area contributed by atoms with Crippen LogP contribution < -0.4 is 0 Å². The van der Waals surface area contributed by atoms with E-state index in [1.165, 1.54) is 50.8 Å². The highest BCUT2D eigenvalue weighted by molar-refractivity contribution is 7.58. The van der Waals surface area contributed by atoms with Crippen LogP contribution in [-0.4, -0.2) is 34.1 Å². The Morgan fingerprint density at radius 2 is 1.67 bits per heavy atom. The van der Waals surface area contributed by atoms with Gasteiger partial charge in [0.1, 0.15) is 0 Å². The second kappa shape index (κ2) is 8.68. The van der Waals surface area contributed by atoms with Gasteiger partial charge in [-0.05, 0) is 43.2 Å². The highest BCUT2D eigenvalue weighted by atomic mass is 31.1. The maximum Gasteiger partial charge on any atom is 0.0775 e. The maximum atomic E-state index is 2.55. The van der Waals surface area contributed by atoms with Crippen molar-refractivity contribution in [2.45, 2.75) is 83.5 Å². The molecular weight excluding hydrogens is 375 g/mol. The fraction of sp³-hybridized carbons (Fsp3) is 0.667. The fourth-order valence-corrected chi connectivity index (χ4v) is 12.7. The van der Waals surface area contributed by atoms with E-state index in [0.29, 0.717) is 0 Å². The van der Waals surface area contributed by atoms with Crippen LogP contribution in [0.15, 0.2) is 46.3 Å². The minimum atomic E-state index is -1.21. The zero-order valence-corrected chi connectivity index (χ0v) is 21.5. The van der Waals surface area contributed by atoms with E-state index in [1.807, 2.05) is 10.8 Å². The Kier molecular flexibility index (Phi) is 6.92. The summed E-state index contributed by atoms with van der Waals surface area (Å²) in [6, 6.07) is 0. The van der Waals surface area contributed by atoms with Crippen LogP contribution in [0, 0.1) is 5.92 Å². The summed E-state index contributed by atoms with van der Waals surface area (Å²) >= 11 is 0. The van der Waals surface area contributed by atoms with Gasteiger partial charge in [0, 0.05) is 0 Å². The van der Waals surface area contributed by atoms with E-state index in [9.17, 15) is 0 Å². The molecule has 0 heterocycles. The van der Waals surface area contributed by atoms with Crippen LogP contribution >= 0.6 is 7.92 Å². The molecule has 0 spiro atoms. The summed E-state index contributed by atoms with van der Waals surface area (Å²) in [4.78, 5) is 0. The summed E-state index contributed by atoms with van der Waals surface area (Å²) in [6.07, 6.45) is 24.0. The number of allylic oxidation sites excluding steroid dienone is 8. The van der Waals surface area contributed by atoms with Gasteiger partial charge in [-0.15, -0.1) is 0 Å². The van der Waals surface area contributed by atoms with Crippen molar-refractivity contribution in [2.24, 2.45) is 5.92 Å². The van der Waals surface area contributed by atoms with Crippen LogP contribution in [0.4, 0.5) is 0 Å². The Hall–Kier alpha value is -0.176. The molecule has 2 unspecified atom stereocenters. The molecule has 2 atom stereocenters. The lowest BCUT2D eigenvalue weighted by atomic mass is 10.0. The molecular formula is C24H41PSi2. The first-order valence-corrected chi connectivity index (χ1v) is 20.0. The smallest absolute Gasteiger partial charge is 0.0775 e. The highest BCUT2D eigenvalue weighted by Crippen LogP contribution is 2.53. The van der Waals surface area contributed by atoms with Crippen molar-refractivity contribution in [1.82, 2.24) is 0 Å². The summed E-state index contributed by atoms with van der Waals surface area (Å²) in [5, 5.41) is 3.60. The first kappa shape index (κ1) is 21.5. The topological polar surface area (TPSA) is 0 Å². The van der Waals surface area contributed by atoms with Crippen LogP contribution in [0.25, 0.3) is 0 Å². The van der Waals surface area contributed by atoms with E-state index in [-0.39, 0.29) is 7.92 Å². The third-order valence-corrected chi connectivity index (χ3v) is 14.2. The van der Waals surface area contributed by atoms with Crippen LogP contribution in [0.3, 0.4) is 0 Å². The summed E-state index contributed by atoms with van der Waals surface area (Å²) < 4.78 is 0. The quantitative estimate of drug-likeness (QED) is 0.292. The number of hydrogen-bond donors (Lipinski definition) is 0. The SMILES string of the molecule is C[Si](C)(C)C1=CC=CC1CP(CC1=C([Si](C)(C)C)C=CC1)C1CCCCC1. The summed E-state index contributed by atoms with van der Waals surface area (Å²) in [5.41, 5.74) is 2.87. The highest BCUT2D eigenvalue weighted by Gasteiger charge is 2.33. The second-order valence-corrected chi connectivity index (χ2v) is 23.7. The first-order chi connectivity index (χ1) is 12.7. The van der Waals surface area contributed by atoms with Crippen LogP contribution in [0.1, 0.15) is 38.5 Å². The lowest BCUT2D eigenvalue weighted by Crippen LogP contribution is -2.30. The van der Waals surface area contributed by atoms with Crippen LogP contribution in [0.2, 0.25) is 39.3 Å². The van der Waals surface area contributed by atoms with Gasteiger partial charge in [0.15, 0.2) is 0 Å². The minimum Gasteiger partial charge on any atom is -0.0985 e. The van der Waals surface area contributed by atoms with E-state index in [1.54, 1.807) is 5.20 Å². The molecule has 0 radical (unpaired) electrons. The molecule has 3 rings (SSSR count). The molecule has 0 amide bonds. The molecule has 0 aromatic carbocycles. The number of rotatable bonds is 7. The van der Waals surface area contributed by atoms with Crippen LogP contribution in [-0.2, 0) is 0 Å². The lowest BCUT2D eigenvalue weighted by Gasteiger charge is -2.36. The average molecular weight is 417 g/mol. The lowest BCUT2D eigenvalue weighted by molar-refractivity contribution is 0.510. The van der Waals surface area contributed by atoms with Gasteiger partial charge in [0.2, 0.25) is 0 Å². The summed E-state index contributed by atoms with van der Waals surface area (Å²) in [5.74, 6) is 0.759. The van der Waals surface area contributed by atoms with E-state index in [4.69, 9.17) is 0 Å². The predicted octanol–water partition coefficient (Wildman–Crippen LogP) is 7.92. The molecule has 0 aromatic heterocycles. The van der Waals surface area contributed by atoms with Gasteiger partial charge < -0.3 is 0 Å². The minimum absolute atomic E-state index is 0.106. The third kappa shape index (κ3) is 5.46. The van der Waals surface area contributed by atoms with Gasteiger partial charge in [-0.1, -0.05) is 113 Å². The predicted molar refractivity (Wildman–Crippen MR) is 132 cm³/mol. The molecule has 0 bridgehead atoms. The molecule has 0 nitrogen and oxygen atoms in total. The zero-order valence-electron chi connectivity index (χ0n) is 18.6. The third-order valence-electron chi connectivity index (χ3n) is 6.64. The Balaban J connectivity index is 1.80. The normalized spacial score (nSPS) is 25.4. The molecule has 0 N–H and O–H groups in total. The van der Waals surface area contributed by atoms with Gasteiger partial charge in [-0.25, -0.2) is 0 Å². The molecule has 3 aliphatic carbocycles. The van der Waals surface area contributed by atoms with Gasteiger partial charge >= 0.3 is 0 Å². The maximum absolute atomic E-state index is 2.55. The standard InChI is InChI=1S/C24H41PSi2/c1-26(2,3)23-16-10-12-20(23)18-25(22-14-8-7-9-15-22)19-21-13-11-17-24(21)27(4,5)6/h10-12,16-17,20,22H,7-9,13-15,18-19H2,1-6H3. The van der Waals surface area contributed by atoms with Gasteiger partial charge in [0.25, 0.3) is 0 Å². The van der Waals surface area contributed by atoms with Crippen molar-refractivity contribution in [3.05, 3.63) is 46.3 Å². The Morgan fingerprint density at radius 3 is 2.30 bits per heavy atom. The van der Waals surface area contributed by atoms with Gasteiger partial charge in [0.05, 0.1) is 16.1 Å². The number of hydrogen-bond acceptors (Lipinski definition) is 0. The largest absolute Gasteiger partial charge is 0.0985 e. The molecule has 3 heteroatoms. The van der Waals surface area contributed by atoms with Crippen molar-refractivity contribution in [3.8, 4) is 0 Å². The molecule has 1 fully saturated rings. The van der Waals surface area contributed by atoms with E-state index >= 15 is 0 Å². The van der Waals surface area contributed by atoms with E-state index < -0.39 is 16.1 Å². The van der Waals surface area contributed by atoms with Crippen molar-refractivity contribution in [1.29, 1.82) is 0 Å². The zero-order chi connectivity index (χ0) is 19.7. The van der Waals surface area contributed by atoms with Crippen molar-refractivity contribution in [2.75, 3.05) is 12.3 Å². The average Bonchev–Trinajstić information content (AvgIpc) is 3.23. The Bertz CT molecular complexity index is 649. The molecule has 0 aromatic rings. The molecule has 0 aliphatic heterocycles. The van der Waals surface area contributed by atoms with E-state index in [0.717, 1.165) is 11.6 Å². The molecule has 1 saturated carbocycles. The van der Waals surface area contributed by atoms with E-state index in [2.05, 4.69) is 69.7 Å². The van der Waals surface area contributed by atoms with Crippen molar-refractivity contribution in [3.63, 3.8) is 0 Å². The first-order valence-electron chi connectivity index (χ1n) is 11.2. The summed E-state index contributed by atoms with van der Waals surface area (Å²) in [7, 11) is -2.30. The molecule has 3 aliphatic rings. The fourth-order valence-electron chi connectivity index (χ4n) is 5.25. The van der Waals surface area contributed by atoms with Gasteiger partial charge in [-0.2, -0.15) is 0 Å². The monoisotopic (exact) mass is 416 g/mol. The van der Waals surface area contributed by atoms with Crippen molar-refractivity contribution >= 4 is 24.1 Å². The van der Waals surface area contributed by atoms with Crippen LogP contribution in [0.5, 0.6) is 0 Å². The van der Waals surface area contributed by atoms with Crippen molar-refractivity contribution < 1.29 is 0 Å². The Labute approximate surface area is 172 Å².